The number of aryl methyl sites for hydroxylation is 1. The first-order valence-corrected chi connectivity index (χ1v) is 6.55. The zero-order chi connectivity index (χ0) is 11.5. The molecular formula is C13H12BrNS. The molecule has 16 heavy (non-hydrogen) atoms. The van der Waals surface area contributed by atoms with E-state index < -0.39 is 0 Å². The molecule has 0 saturated carbocycles. The minimum absolute atomic E-state index is 0.810. The van der Waals surface area contributed by atoms with Crippen molar-refractivity contribution in [3.63, 3.8) is 0 Å². The van der Waals surface area contributed by atoms with Crippen molar-refractivity contribution in [1.29, 1.82) is 0 Å². The van der Waals surface area contributed by atoms with E-state index in [-0.39, 0.29) is 0 Å². The Morgan fingerprint density at radius 1 is 1.06 bits per heavy atom. The van der Waals surface area contributed by atoms with Gasteiger partial charge in [0.2, 0.25) is 0 Å². The summed E-state index contributed by atoms with van der Waals surface area (Å²) in [5.41, 5.74) is 7.85. The predicted octanol–water partition coefficient (Wildman–Crippen LogP) is 4.49. The summed E-state index contributed by atoms with van der Waals surface area (Å²) in [5, 5.41) is 0. The van der Waals surface area contributed by atoms with Gasteiger partial charge in [-0.1, -0.05) is 33.8 Å². The van der Waals surface area contributed by atoms with Crippen LogP contribution in [0.25, 0.3) is 0 Å². The Balaban J connectivity index is 2.26. The molecular weight excluding hydrogens is 282 g/mol. The summed E-state index contributed by atoms with van der Waals surface area (Å²) >= 11 is 5.16. The Morgan fingerprint density at radius 2 is 1.75 bits per heavy atom. The van der Waals surface area contributed by atoms with Gasteiger partial charge >= 0.3 is 0 Å². The number of nitrogens with two attached hydrogens (primary N) is 1. The quantitative estimate of drug-likeness (QED) is 0.826. The van der Waals surface area contributed by atoms with Crippen LogP contribution < -0.4 is 5.73 Å². The topological polar surface area (TPSA) is 26.0 Å². The lowest BCUT2D eigenvalue weighted by Gasteiger charge is -2.06. The molecule has 0 aliphatic rings. The molecule has 0 aromatic heterocycles. The van der Waals surface area contributed by atoms with Crippen LogP contribution in [0.3, 0.4) is 0 Å². The van der Waals surface area contributed by atoms with Crippen LogP contribution in [-0.2, 0) is 0 Å². The normalized spacial score (nSPS) is 10.4. The van der Waals surface area contributed by atoms with E-state index in [2.05, 4.69) is 41.1 Å². The van der Waals surface area contributed by atoms with Crippen molar-refractivity contribution in [2.45, 2.75) is 16.7 Å². The molecule has 0 radical (unpaired) electrons. The van der Waals surface area contributed by atoms with Crippen LogP contribution in [-0.4, -0.2) is 0 Å². The molecule has 0 unspecified atom stereocenters. The predicted molar refractivity (Wildman–Crippen MR) is 73.9 cm³/mol. The largest absolute Gasteiger partial charge is 0.399 e. The van der Waals surface area contributed by atoms with E-state index in [0.717, 1.165) is 10.2 Å². The molecule has 2 aromatic rings. The van der Waals surface area contributed by atoms with E-state index in [9.17, 15) is 0 Å². The second-order valence-electron chi connectivity index (χ2n) is 3.58. The first-order chi connectivity index (χ1) is 7.65. The fourth-order valence-electron chi connectivity index (χ4n) is 1.36. The molecule has 0 heterocycles. The number of rotatable bonds is 2. The molecule has 1 nitrogen and oxygen atoms in total. The van der Waals surface area contributed by atoms with Crippen molar-refractivity contribution < 1.29 is 0 Å². The fourth-order valence-corrected chi connectivity index (χ4v) is 2.57. The van der Waals surface area contributed by atoms with E-state index >= 15 is 0 Å². The molecule has 3 heteroatoms. The summed E-state index contributed by atoms with van der Waals surface area (Å²) < 4.78 is 1.10. The zero-order valence-electron chi connectivity index (χ0n) is 8.91. The van der Waals surface area contributed by atoms with Gasteiger partial charge in [0.1, 0.15) is 0 Å². The van der Waals surface area contributed by atoms with Gasteiger partial charge in [-0.2, -0.15) is 0 Å². The van der Waals surface area contributed by atoms with Crippen LogP contribution in [0.1, 0.15) is 5.56 Å². The zero-order valence-corrected chi connectivity index (χ0v) is 11.3. The summed E-state index contributed by atoms with van der Waals surface area (Å²) in [6.45, 7) is 2.10. The molecule has 0 atom stereocenters. The van der Waals surface area contributed by atoms with Crippen LogP contribution in [0, 0.1) is 6.92 Å². The van der Waals surface area contributed by atoms with Gasteiger partial charge in [-0.15, -0.1) is 0 Å². The highest BCUT2D eigenvalue weighted by molar-refractivity contribution is 9.10. The Morgan fingerprint density at radius 3 is 2.44 bits per heavy atom. The lowest BCUT2D eigenvalue weighted by atomic mass is 10.2. The Labute approximate surface area is 108 Å². The number of hydrogen-bond donors (Lipinski definition) is 1. The standard InChI is InChI=1S/C13H12BrNS/c1-9-2-5-11(15)8-13(9)16-12-6-3-10(14)4-7-12/h2-8H,15H2,1H3. The molecule has 0 aliphatic carbocycles. The maximum atomic E-state index is 5.78. The van der Waals surface area contributed by atoms with E-state index in [1.54, 1.807) is 11.8 Å². The highest BCUT2D eigenvalue weighted by atomic mass is 79.9. The van der Waals surface area contributed by atoms with Gasteiger partial charge in [0.05, 0.1) is 0 Å². The van der Waals surface area contributed by atoms with Gasteiger partial charge in [0.15, 0.2) is 0 Å². The minimum Gasteiger partial charge on any atom is -0.399 e. The third-order valence-corrected chi connectivity index (χ3v) is 3.95. The molecule has 0 aliphatic heterocycles. The van der Waals surface area contributed by atoms with E-state index in [0.29, 0.717) is 0 Å². The van der Waals surface area contributed by atoms with Gasteiger partial charge in [-0.3, -0.25) is 0 Å². The van der Waals surface area contributed by atoms with Gasteiger partial charge in [-0.25, -0.2) is 0 Å². The van der Waals surface area contributed by atoms with Crippen molar-refractivity contribution >= 4 is 33.4 Å². The van der Waals surface area contributed by atoms with Crippen molar-refractivity contribution in [1.82, 2.24) is 0 Å². The highest BCUT2D eigenvalue weighted by Crippen LogP contribution is 2.32. The highest BCUT2D eigenvalue weighted by Gasteiger charge is 2.01. The van der Waals surface area contributed by atoms with Crippen molar-refractivity contribution in [3.05, 3.63) is 52.5 Å². The van der Waals surface area contributed by atoms with E-state index in [4.69, 9.17) is 5.73 Å². The van der Waals surface area contributed by atoms with Crippen LogP contribution in [0.15, 0.2) is 56.7 Å². The molecule has 0 fully saturated rings. The lowest BCUT2D eigenvalue weighted by molar-refractivity contribution is 1.29. The summed E-state index contributed by atoms with van der Waals surface area (Å²) in [6, 6.07) is 14.3. The molecule has 0 spiro atoms. The molecule has 2 aromatic carbocycles. The van der Waals surface area contributed by atoms with Gasteiger partial charge < -0.3 is 5.73 Å². The summed E-state index contributed by atoms with van der Waals surface area (Å²) in [6.07, 6.45) is 0. The maximum absolute atomic E-state index is 5.78. The molecule has 0 amide bonds. The third kappa shape index (κ3) is 2.80. The summed E-state index contributed by atoms with van der Waals surface area (Å²) in [5.74, 6) is 0. The van der Waals surface area contributed by atoms with Gasteiger partial charge in [0.25, 0.3) is 0 Å². The van der Waals surface area contributed by atoms with Crippen LogP contribution >= 0.6 is 27.7 Å². The summed E-state index contributed by atoms with van der Waals surface area (Å²) in [4.78, 5) is 2.43. The second kappa shape index (κ2) is 4.93. The van der Waals surface area contributed by atoms with Crippen molar-refractivity contribution in [2.75, 3.05) is 5.73 Å². The van der Waals surface area contributed by atoms with Crippen LogP contribution in [0.4, 0.5) is 5.69 Å². The number of nitrogen functional groups attached to an aromatic ring is 1. The smallest absolute Gasteiger partial charge is 0.0325 e. The molecule has 0 saturated heterocycles. The average Bonchev–Trinajstić information content (AvgIpc) is 2.27. The maximum Gasteiger partial charge on any atom is 0.0325 e. The van der Waals surface area contributed by atoms with E-state index in [1.807, 2.05) is 24.3 Å². The molecule has 82 valence electrons. The van der Waals surface area contributed by atoms with Crippen molar-refractivity contribution in [3.8, 4) is 0 Å². The minimum atomic E-state index is 0.810. The molecule has 2 N–H and O–H groups in total. The Bertz CT molecular complexity index is 494. The second-order valence-corrected chi connectivity index (χ2v) is 5.61. The Hall–Kier alpha value is -0.930. The summed E-state index contributed by atoms with van der Waals surface area (Å²) in [7, 11) is 0. The molecule has 2 rings (SSSR count). The van der Waals surface area contributed by atoms with Gasteiger partial charge in [-0.05, 0) is 48.9 Å². The van der Waals surface area contributed by atoms with Crippen molar-refractivity contribution in [2.24, 2.45) is 0 Å². The van der Waals surface area contributed by atoms with Gasteiger partial charge in [0, 0.05) is 20.0 Å². The lowest BCUT2D eigenvalue weighted by Crippen LogP contribution is -1.87. The number of hydrogen-bond acceptors (Lipinski definition) is 2. The number of halogens is 1. The first-order valence-electron chi connectivity index (χ1n) is 4.95. The average molecular weight is 294 g/mol. The van der Waals surface area contributed by atoms with Crippen LogP contribution in [0.2, 0.25) is 0 Å². The number of benzene rings is 2. The van der Waals surface area contributed by atoms with E-state index in [1.165, 1.54) is 15.4 Å². The van der Waals surface area contributed by atoms with Crippen LogP contribution in [0.5, 0.6) is 0 Å². The SMILES string of the molecule is Cc1ccc(N)cc1Sc1ccc(Br)cc1. The third-order valence-electron chi connectivity index (χ3n) is 2.25. The fraction of sp³-hybridized carbons (Fsp3) is 0.0769. The first kappa shape index (κ1) is 11.6. The Kier molecular flexibility index (Phi) is 3.56. The monoisotopic (exact) mass is 293 g/mol. The molecule has 0 bridgehead atoms. The number of anilines is 1.